The number of amides is 1. The van der Waals surface area contributed by atoms with Gasteiger partial charge in [-0.15, -0.1) is 0 Å². The van der Waals surface area contributed by atoms with Crippen molar-refractivity contribution in [2.75, 3.05) is 0 Å². The van der Waals surface area contributed by atoms with Gasteiger partial charge in [-0.25, -0.2) is 0 Å². The van der Waals surface area contributed by atoms with Gasteiger partial charge in [-0.2, -0.15) is 0 Å². The lowest BCUT2D eigenvalue weighted by atomic mass is 9.94. The van der Waals surface area contributed by atoms with E-state index in [9.17, 15) is 4.79 Å². The van der Waals surface area contributed by atoms with Gasteiger partial charge in [-0.3, -0.25) is 4.79 Å². The maximum Gasteiger partial charge on any atom is 0.251 e. The Hall–Kier alpha value is -2.09. The van der Waals surface area contributed by atoms with Crippen molar-refractivity contribution < 1.29 is 4.79 Å². The zero-order valence-corrected chi connectivity index (χ0v) is 11.3. The smallest absolute Gasteiger partial charge is 0.251 e. The second-order valence-corrected chi connectivity index (χ2v) is 4.83. The van der Waals surface area contributed by atoms with Crippen LogP contribution in [0.15, 0.2) is 60.7 Å². The Morgan fingerprint density at radius 1 is 0.895 bits per heavy atom. The fourth-order valence-electron chi connectivity index (χ4n) is 2.05. The van der Waals surface area contributed by atoms with Crippen molar-refractivity contribution in [3.8, 4) is 0 Å². The lowest BCUT2D eigenvalue weighted by molar-refractivity contribution is 0.0935. The summed E-state index contributed by atoms with van der Waals surface area (Å²) in [6.45, 7) is 4.17. The first-order chi connectivity index (χ1) is 9.18. The third-order valence-corrected chi connectivity index (χ3v) is 3.47. The first-order valence-electron chi connectivity index (χ1n) is 6.59. The molecule has 2 atom stereocenters. The van der Waals surface area contributed by atoms with E-state index >= 15 is 0 Å². The number of hydrogen-bond acceptors (Lipinski definition) is 1. The van der Waals surface area contributed by atoms with Gasteiger partial charge in [0, 0.05) is 17.5 Å². The lowest BCUT2D eigenvalue weighted by Gasteiger charge is -2.21. The van der Waals surface area contributed by atoms with Gasteiger partial charge in [-0.05, 0) is 24.6 Å². The first kappa shape index (κ1) is 13.3. The Morgan fingerprint density at radius 3 is 2.00 bits per heavy atom. The van der Waals surface area contributed by atoms with E-state index in [0.717, 1.165) is 0 Å². The molecular formula is C17H19NO. The highest BCUT2D eigenvalue weighted by molar-refractivity contribution is 5.94. The van der Waals surface area contributed by atoms with Crippen LogP contribution >= 0.6 is 0 Å². The molecule has 2 rings (SSSR count). The predicted octanol–water partition coefficient (Wildman–Crippen LogP) is 3.61. The highest BCUT2D eigenvalue weighted by atomic mass is 16.1. The zero-order valence-electron chi connectivity index (χ0n) is 11.3. The monoisotopic (exact) mass is 253 g/mol. The van der Waals surface area contributed by atoms with E-state index in [1.807, 2.05) is 55.5 Å². The highest BCUT2D eigenvalue weighted by Crippen LogP contribution is 2.18. The molecule has 0 heterocycles. The summed E-state index contributed by atoms with van der Waals surface area (Å²) in [5.41, 5.74) is 1.94. The topological polar surface area (TPSA) is 29.1 Å². The molecule has 0 aliphatic carbocycles. The summed E-state index contributed by atoms with van der Waals surface area (Å²) in [4.78, 5) is 12.1. The van der Waals surface area contributed by atoms with Crippen molar-refractivity contribution in [3.63, 3.8) is 0 Å². The summed E-state index contributed by atoms with van der Waals surface area (Å²) in [7, 11) is 0. The van der Waals surface area contributed by atoms with Gasteiger partial charge < -0.3 is 5.32 Å². The zero-order chi connectivity index (χ0) is 13.7. The summed E-state index contributed by atoms with van der Waals surface area (Å²) < 4.78 is 0. The number of nitrogens with one attached hydrogen (secondary N) is 1. The molecular weight excluding hydrogens is 234 g/mol. The molecule has 0 spiro atoms. The van der Waals surface area contributed by atoms with E-state index in [1.165, 1.54) is 5.56 Å². The molecule has 2 aromatic rings. The van der Waals surface area contributed by atoms with E-state index in [1.54, 1.807) is 0 Å². The average Bonchev–Trinajstić information content (AvgIpc) is 2.48. The van der Waals surface area contributed by atoms with Crippen molar-refractivity contribution in [3.05, 3.63) is 71.8 Å². The minimum atomic E-state index is -0.0177. The summed E-state index contributed by atoms with van der Waals surface area (Å²) in [6.07, 6.45) is 0. The average molecular weight is 253 g/mol. The van der Waals surface area contributed by atoms with E-state index in [0.29, 0.717) is 5.56 Å². The fraction of sp³-hybridized carbons (Fsp3) is 0.235. The van der Waals surface area contributed by atoms with Gasteiger partial charge in [0.15, 0.2) is 0 Å². The molecule has 0 bridgehead atoms. The molecule has 1 N–H and O–H groups in total. The molecule has 0 saturated carbocycles. The van der Waals surface area contributed by atoms with Crippen LogP contribution in [-0.2, 0) is 0 Å². The molecule has 0 aromatic heterocycles. The molecule has 98 valence electrons. The SMILES string of the molecule is C[C@@H](NC(=O)c1ccccc1)[C@@H](C)c1ccccc1. The van der Waals surface area contributed by atoms with Crippen LogP contribution in [0.3, 0.4) is 0 Å². The summed E-state index contributed by atoms with van der Waals surface area (Å²) in [5, 5.41) is 3.06. The van der Waals surface area contributed by atoms with Gasteiger partial charge >= 0.3 is 0 Å². The van der Waals surface area contributed by atoms with Crippen molar-refractivity contribution in [1.82, 2.24) is 5.32 Å². The second kappa shape index (κ2) is 6.19. The van der Waals surface area contributed by atoms with E-state index in [-0.39, 0.29) is 17.9 Å². The Kier molecular flexibility index (Phi) is 4.35. The van der Waals surface area contributed by atoms with Crippen molar-refractivity contribution in [2.24, 2.45) is 0 Å². The van der Waals surface area contributed by atoms with Crippen LogP contribution in [0, 0.1) is 0 Å². The fourth-order valence-corrected chi connectivity index (χ4v) is 2.05. The van der Waals surface area contributed by atoms with Crippen LogP contribution in [0.1, 0.15) is 35.7 Å². The van der Waals surface area contributed by atoms with Crippen LogP contribution in [0.25, 0.3) is 0 Å². The molecule has 0 saturated heterocycles. The van der Waals surface area contributed by atoms with Gasteiger partial charge in [0.2, 0.25) is 0 Å². The molecule has 0 aliphatic heterocycles. The number of rotatable bonds is 4. The molecule has 0 radical (unpaired) electrons. The molecule has 0 aliphatic rings. The minimum absolute atomic E-state index is 0.0177. The van der Waals surface area contributed by atoms with Crippen LogP contribution in [0.2, 0.25) is 0 Å². The van der Waals surface area contributed by atoms with Gasteiger partial charge in [0.1, 0.15) is 0 Å². The maximum absolute atomic E-state index is 12.1. The number of carbonyl (C=O) groups excluding carboxylic acids is 1. The molecule has 0 unspecified atom stereocenters. The summed E-state index contributed by atoms with van der Waals surface area (Å²) in [5.74, 6) is 0.268. The van der Waals surface area contributed by atoms with Crippen LogP contribution in [0.4, 0.5) is 0 Å². The van der Waals surface area contributed by atoms with Crippen LogP contribution in [0.5, 0.6) is 0 Å². The molecule has 19 heavy (non-hydrogen) atoms. The van der Waals surface area contributed by atoms with E-state index in [2.05, 4.69) is 24.4 Å². The largest absolute Gasteiger partial charge is 0.349 e. The quantitative estimate of drug-likeness (QED) is 0.886. The normalized spacial score (nSPS) is 13.6. The lowest BCUT2D eigenvalue weighted by Crippen LogP contribution is -2.36. The molecule has 0 fully saturated rings. The molecule has 2 aromatic carbocycles. The first-order valence-corrected chi connectivity index (χ1v) is 6.59. The second-order valence-electron chi connectivity index (χ2n) is 4.83. The number of benzene rings is 2. The summed E-state index contributed by atoms with van der Waals surface area (Å²) in [6, 6.07) is 19.7. The Balaban J connectivity index is 2.02. The van der Waals surface area contributed by atoms with Gasteiger partial charge in [0.05, 0.1) is 0 Å². The summed E-state index contributed by atoms with van der Waals surface area (Å²) >= 11 is 0. The number of hydrogen-bond donors (Lipinski definition) is 1. The predicted molar refractivity (Wildman–Crippen MR) is 78.2 cm³/mol. The third kappa shape index (κ3) is 3.44. The van der Waals surface area contributed by atoms with Crippen LogP contribution < -0.4 is 5.32 Å². The van der Waals surface area contributed by atoms with Gasteiger partial charge in [-0.1, -0.05) is 55.5 Å². The molecule has 1 amide bonds. The van der Waals surface area contributed by atoms with Crippen molar-refractivity contribution in [2.45, 2.75) is 25.8 Å². The Morgan fingerprint density at radius 2 is 1.42 bits per heavy atom. The Labute approximate surface area is 114 Å². The molecule has 2 nitrogen and oxygen atoms in total. The number of carbonyl (C=O) groups is 1. The molecule has 2 heteroatoms. The standard InChI is InChI=1S/C17H19NO/c1-13(15-9-5-3-6-10-15)14(2)18-17(19)16-11-7-4-8-12-16/h3-14H,1-2H3,(H,18,19)/t13-,14-/m1/s1. The highest BCUT2D eigenvalue weighted by Gasteiger charge is 2.16. The maximum atomic E-state index is 12.1. The van der Waals surface area contributed by atoms with Crippen molar-refractivity contribution >= 4 is 5.91 Å². The minimum Gasteiger partial charge on any atom is -0.349 e. The third-order valence-electron chi connectivity index (χ3n) is 3.47. The van der Waals surface area contributed by atoms with E-state index < -0.39 is 0 Å². The van der Waals surface area contributed by atoms with Gasteiger partial charge in [0.25, 0.3) is 5.91 Å². The van der Waals surface area contributed by atoms with E-state index in [4.69, 9.17) is 0 Å². The van der Waals surface area contributed by atoms with Crippen molar-refractivity contribution in [1.29, 1.82) is 0 Å². The van der Waals surface area contributed by atoms with Crippen LogP contribution in [-0.4, -0.2) is 11.9 Å². The Bertz CT molecular complexity index is 521.